The highest BCUT2D eigenvalue weighted by Gasteiger charge is 2.30. The van der Waals surface area contributed by atoms with Crippen LogP contribution in [0, 0.1) is 6.92 Å². The van der Waals surface area contributed by atoms with Crippen LogP contribution in [0.5, 0.6) is 0 Å². The average Bonchev–Trinajstić information content (AvgIpc) is 2.96. The molecule has 144 valence electrons. The van der Waals surface area contributed by atoms with Crippen LogP contribution >= 0.6 is 0 Å². The largest absolute Gasteiger partial charge is 0.508 e. The number of piperidine rings is 1. The fourth-order valence-electron chi connectivity index (χ4n) is 3.67. The Balaban J connectivity index is 1.83. The Morgan fingerprint density at radius 3 is 2.67 bits per heavy atom. The van der Waals surface area contributed by atoms with Gasteiger partial charge in [0, 0.05) is 25.4 Å². The fraction of sp³-hybridized carbons (Fsp3) is 0.429. The molecular weight excluding hydrogens is 344 g/mol. The van der Waals surface area contributed by atoms with Crippen LogP contribution in [0.1, 0.15) is 35.8 Å². The zero-order valence-electron chi connectivity index (χ0n) is 16.1. The minimum Gasteiger partial charge on any atom is -0.435 e. The maximum absolute atomic E-state index is 13.3. The van der Waals surface area contributed by atoms with Gasteiger partial charge in [0.2, 0.25) is 0 Å². The van der Waals surface area contributed by atoms with Gasteiger partial charge in [-0.1, -0.05) is 30.3 Å². The number of aromatic nitrogens is 1. The molecule has 2 aromatic rings. The Bertz CT molecular complexity index is 813. The van der Waals surface area contributed by atoms with E-state index in [0.717, 1.165) is 29.5 Å². The zero-order chi connectivity index (χ0) is 19.4. The van der Waals surface area contributed by atoms with Crippen LogP contribution in [-0.4, -0.2) is 47.3 Å². The van der Waals surface area contributed by atoms with Crippen LogP contribution in [0.15, 0.2) is 36.5 Å². The van der Waals surface area contributed by atoms with Crippen LogP contribution in [0.2, 0.25) is 0 Å². The molecule has 27 heavy (non-hydrogen) atoms. The third-order valence-corrected chi connectivity index (χ3v) is 4.83. The molecule has 0 saturated carbocycles. The van der Waals surface area contributed by atoms with E-state index in [1.54, 1.807) is 11.8 Å². The molecule has 1 atom stereocenters. The summed E-state index contributed by atoms with van der Waals surface area (Å²) in [5.41, 5.74) is 3.70. The lowest BCUT2D eigenvalue weighted by Gasteiger charge is -2.32. The summed E-state index contributed by atoms with van der Waals surface area (Å²) in [5.74, 6) is -0.0402. The molecule has 0 spiro atoms. The highest BCUT2D eigenvalue weighted by molar-refractivity contribution is 6.00. The van der Waals surface area contributed by atoms with Gasteiger partial charge >= 0.3 is 6.16 Å². The van der Waals surface area contributed by atoms with E-state index in [1.807, 2.05) is 55.1 Å². The number of aryl methyl sites for hydroxylation is 2. The smallest absolute Gasteiger partial charge is 0.435 e. The van der Waals surface area contributed by atoms with E-state index in [2.05, 4.69) is 0 Å². The molecule has 0 radical (unpaired) electrons. The maximum Gasteiger partial charge on any atom is 0.508 e. The van der Waals surface area contributed by atoms with Crippen molar-refractivity contribution < 1.29 is 19.1 Å². The SMILES string of the molecule is CCOC(=O)OC1CCCN(C(=O)c2c(-c3ccccc3)c(C)cn2C)C1. The molecule has 0 aliphatic carbocycles. The van der Waals surface area contributed by atoms with Crippen LogP contribution in [0.25, 0.3) is 11.1 Å². The topological polar surface area (TPSA) is 60.8 Å². The third kappa shape index (κ3) is 4.15. The van der Waals surface area contributed by atoms with E-state index in [-0.39, 0.29) is 18.6 Å². The molecule has 1 fully saturated rings. The summed E-state index contributed by atoms with van der Waals surface area (Å²) in [5, 5.41) is 0. The molecule has 0 bridgehead atoms. The van der Waals surface area contributed by atoms with Gasteiger partial charge in [0.15, 0.2) is 0 Å². The second kappa shape index (κ2) is 8.29. The lowest BCUT2D eigenvalue weighted by molar-refractivity contribution is -0.00195. The van der Waals surface area contributed by atoms with Crippen molar-refractivity contribution in [2.75, 3.05) is 19.7 Å². The average molecular weight is 370 g/mol. The molecule has 1 aliphatic heterocycles. The molecule has 0 N–H and O–H groups in total. The summed E-state index contributed by atoms with van der Waals surface area (Å²) in [6.45, 7) is 5.07. The molecule has 1 unspecified atom stereocenters. The summed E-state index contributed by atoms with van der Waals surface area (Å²) in [4.78, 5) is 26.7. The normalized spacial score (nSPS) is 16.9. The zero-order valence-corrected chi connectivity index (χ0v) is 16.1. The van der Waals surface area contributed by atoms with E-state index in [1.165, 1.54) is 0 Å². The highest BCUT2D eigenvalue weighted by Crippen LogP contribution is 2.30. The lowest BCUT2D eigenvalue weighted by Crippen LogP contribution is -2.44. The van der Waals surface area contributed by atoms with Crippen molar-refractivity contribution in [2.24, 2.45) is 7.05 Å². The molecule has 3 rings (SSSR count). The van der Waals surface area contributed by atoms with Gasteiger partial charge in [-0.3, -0.25) is 4.79 Å². The number of ether oxygens (including phenoxy) is 2. The minimum absolute atomic E-state index is 0.0402. The van der Waals surface area contributed by atoms with Crippen molar-refractivity contribution in [3.05, 3.63) is 47.8 Å². The Hall–Kier alpha value is -2.76. The summed E-state index contributed by atoms with van der Waals surface area (Å²) >= 11 is 0. The van der Waals surface area contributed by atoms with Gasteiger partial charge in [-0.25, -0.2) is 4.79 Å². The van der Waals surface area contributed by atoms with E-state index in [0.29, 0.717) is 18.8 Å². The summed E-state index contributed by atoms with van der Waals surface area (Å²) < 4.78 is 12.1. The Morgan fingerprint density at radius 1 is 1.22 bits per heavy atom. The first-order chi connectivity index (χ1) is 13.0. The van der Waals surface area contributed by atoms with Gasteiger partial charge in [-0.15, -0.1) is 0 Å². The number of hydrogen-bond acceptors (Lipinski definition) is 4. The van der Waals surface area contributed by atoms with E-state index >= 15 is 0 Å². The number of benzene rings is 1. The Morgan fingerprint density at radius 2 is 1.96 bits per heavy atom. The first-order valence-corrected chi connectivity index (χ1v) is 9.35. The maximum atomic E-state index is 13.3. The first kappa shape index (κ1) is 19.0. The fourth-order valence-corrected chi connectivity index (χ4v) is 3.67. The van der Waals surface area contributed by atoms with Crippen LogP contribution in [0.3, 0.4) is 0 Å². The Labute approximate surface area is 159 Å². The van der Waals surface area contributed by atoms with E-state index < -0.39 is 6.16 Å². The van der Waals surface area contributed by atoms with Crippen molar-refractivity contribution in [2.45, 2.75) is 32.8 Å². The van der Waals surface area contributed by atoms with Crippen molar-refractivity contribution in [1.82, 2.24) is 9.47 Å². The second-order valence-corrected chi connectivity index (χ2v) is 6.83. The molecule has 6 heteroatoms. The minimum atomic E-state index is -0.670. The second-order valence-electron chi connectivity index (χ2n) is 6.83. The number of carbonyl (C=O) groups is 2. The predicted molar refractivity (Wildman–Crippen MR) is 103 cm³/mol. The van der Waals surface area contributed by atoms with Gasteiger partial charge in [0.25, 0.3) is 5.91 Å². The van der Waals surface area contributed by atoms with Gasteiger partial charge in [0.05, 0.1) is 13.2 Å². The molecule has 1 saturated heterocycles. The molecular formula is C21H26N2O4. The highest BCUT2D eigenvalue weighted by atomic mass is 16.7. The predicted octanol–water partition coefficient (Wildman–Crippen LogP) is 3.78. The van der Waals surface area contributed by atoms with Gasteiger partial charge < -0.3 is 18.9 Å². The van der Waals surface area contributed by atoms with E-state index in [9.17, 15) is 9.59 Å². The summed E-state index contributed by atoms with van der Waals surface area (Å²) in [6.07, 6.45) is 2.51. The van der Waals surface area contributed by atoms with Crippen LogP contribution < -0.4 is 0 Å². The van der Waals surface area contributed by atoms with Gasteiger partial charge in [-0.2, -0.15) is 0 Å². The summed E-state index contributed by atoms with van der Waals surface area (Å²) in [7, 11) is 1.89. The number of carbonyl (C=O) groups excluding carboxylic acids is 2. The standard InChI is InChI=1S/C21H26N2O4/c1-4-26-21(25)27-17-11-8-12-23(14-17)20(24)19-18(15(2)13-22(19)3)16-9-6-5-7-10-16/h5-7,9-10,13,17H,4,8,11-12,14H2,1-3H3. The monoisotopic (exact) mass is 370 g/mol. The summed E-state index contributed by atoms with van der Waals surface area (Å²) in [6, 6.07) is 9.94. The number of hydrogen-bond donors (Lipinski definition) is 0. The van der Waals surface area contributed by atoms with Gasteiger partial charge in [0.1, 0.15) is 11.8 Å². The number of nitrogens with zero attached hydrogens (tertiary/aromatic N) is 2. The van der Waals surface area contributed by atoms with Crippen LogP contribution in [0.4, 0.5) is 4.79 Å². The van der Waals surface area contributed by atoms with E-state index in [4.69, 9.17) is 9.47 Å². The molecule has 6 nitrogen and oxygen atoms in total. The van der Waals surface area contributed by atoms with Crippen molar-refractivity contribution in [3.8, 4) is 11.1 Å². The van der Waals surface area contributed by atoms with Gasteiger partial charge in [-0.05, 0) is 37.8 Å². The molecule has 1 aliphatic rings. The third-order valence-electron chi connectivity index (χ3n) is 4.83. The first-order valence-electron chi connectivity index (χ1n) is 9.35. The van der Waals surface area contributed by atoms with Crippen molar-refractivity contribution in [1.29, 1.82) is 0 Å². The van der Waals surface area contributed by atoms with Crippen LogP contribution in [-0.2, 0) is 16.5 Å². The molecule has 1 amide bonds. The number of likely N-dealkylation sites (tertiary alicyclic amines) is 1. The molecule has 2 heterocycles. The quantitative estimate of drug-likeness (QED) is 0.769. The molecule has 1 aromatic carbocycles. The molecule has 1 aromatic heterocycles. The lowest BCUT2D eigenvalue weighted by atomic mass is 10.0. The number of rotatable bonds is 4. The number of amides is 1. The van der Waals surface area contributed by atoms with Crippen molar-refractivity contribution in [3.63, 3.8) is 0 Å². The van der Waals surface area contributed by atoms with Crippen molar-refractivity contribution >= 4 is 12.1 Å². The Kier molecular flexibility index (Phi) is 5.84.